The zero-order chi connectivity index (χ0) is 22.1. The van der Waals surface area contributed by atoms with Gasteiger partial charge in [0.25, 0.3) is 11.5 Å². The number of nitrogens with zero attached hydrogens (tertiary/aromatic N) is 3. The molecule has 0 N–H and O–H groups in total. The van der Waals surface area contributed by atoms with E-state index in [0.29, 0.717) is 22.7 Å². The number of hydrogen-bond donors (Lipinski definition) is 0. The quantitative estimate of drug-likeness (QED) is 0.585. The first-order valence-corrected chi connectivity index (χ1v) is 9.36. The minimum Gasteiger partial charge on any atom is -0.497 e. The first kappa shape index (κ1) is 20.3. The first-order valence-electron chi connectivity index (χ1n) is 9.36. The second-order valence-corrected chi connectivity index (χ2v) is 6.91. The number of methoxy groups -OCH3 is 1. The van der Waals surface area contributed by atoms with Gasteiger partial charge in [0.15, 0.2) is 12.4 Å². The van der Waals surface area contributed by atoms with Crippen molar-refractivity contribution in [2.45, 2.75) is 6.54 Å². The summed E-state index contributed by atoms with van der Waals surface area (Å²) in [6, 6.07) is 11.6. The van der Waals surface area contributed by atoms with Gasteiger partial charge in [0.2, 0.25) is 0 Å². The Labute approximate surface area is 176 Å². The van der Waals surface area contributed by atoms with E-state index in [1.807, 2.05) is 0 Å². The Kier molecular flexibility index (Phi) is 5.24. The number of carbonyl (C=O) groups is 2. The monoisotopic (exact) mass is 423 g/mol. The number of benzene rings is 2. The number of halogens is 1. The number of hydrogen-bond acceptors (Lipinski definition) is 6. The van der Waals surface area contributed by atoms with Gasteiger partial charge in [-0.2, -0.15) is 5.10 Å². The van der Waals surface area contributed by atoms with Crippen LogP contribution < -0.4 is 19.9 Å². The summed E-state index contributed by atoms with van der Waals surface area (Å²) >= 11 is 0. The van der Waals surface area contributed by atoms with Crippen LogP contribution in [0.25, 0.3) is 11.3 Å². The third kappa shape index (κ3) is 3.89. The Hall–Kier alpha value is -4.01. The van der Waals surface area contributed by atoms with Crippen molar-refractivity contribution in [2.75, 3.05) is 25.7 Å². The molecule has 3 aromatic rings. The molecule has 158 valence electrons. The Morgan fingerprint density at radius 2 is 1.97 bits per heavy atom. The molecule has 31 heavy (non-hydrogen) atoms. The number of carbonyl (C=O) groups excluding carboxylic acids is 2. The van der Waals surface area contributed by atoms with Crippen LogP contribution in [0.1, 0.15) is 10.4 Å². The maximum absolute atomic E-state index is 14.4. The number of amides is 1. The fraction of sp³-hybridized carbons (Fsp3) is 0.182. The highest BCUT2D eigenvalue weighted by molar-refractivity contribution is 6.01. The second-order valence-electron chi connectivity index (χ2n) is 6.91. The molecular formula is C22H18FN3O5. The van der Waals surface area contributed by atoms with E-state index in [-0.39, 0.29) is 30.3 Å². The summed E-state index contributed by atoms with van der Waals surface area (Å²) < 4.78 is 25.7. The van der Waals surface area contributed by atoms with Crippen molar-refractivity contribution >= 4 is 17.4 Å². The van der Waals surface area contributed by atoms with Gasteiger partial charge in [-0.05, 0) is 36.4 Å². The molecule has 8 nitrogen and oxygen atoms in total. The molecule has 1 aromatic heterocycles. The topological polar surface area (TPSA) is 90.7 Å². The van der Waals surface area contributed by atoms with Crippen molar-refractivity contribution < 1.29 is 23.5 Å². The molecule has 0 unspecified atom stereocenters. The zero-order valence-corrected chi connectivity index (χ0v) is 16.8. The number of fused-ring (bicyclic) bond motifs is 1. The predicted molar refractivity (Wildman–Crippen MR) is 110 cm³/mol. The van der Waals surface area contributed by atoms with Crippen LogP contribution in [0, 0.1) is 5.82 Å². The average molecular weight is 423 g/mol. The molecule has 0 aliphatic carbocycles. The van der Waals surface area contributed by atoms with E-state index < -0.39 is 17.2 Å². The molecule has 0 saturated carbocycles. The Morgan fingerprint density at radius 3 is 2.71 bits per heavy atom. The summed E-state index contributed by atoms with van der Waals surface area (Å²) in [5.41, 5.74) is 0.638. The number of rotatable bonds is 5. The van der Waals surface area contributed by atoms with Crippen LogP contribution in [0.5, 0.6) is 11.5 Å². The molecule has 4 rings (SSSR count). The molecule has 1 amide bonds. The lowest BCUT2D eigenvalue weighted by atomic mass is 10.1. The van der Waals surface area contributed by atoms with Crippen molar-refractivity contribution in [3.63, 3.8) is 0 Å². The highest BCUT2D eigenvalue weighted by Crippen LogP contribution is 2.32. The van der Waals surface area contributed by atoms with Gasteiger partial charge in [-0.1, -0.05) is 0 Å². The molecule has 0 radical (unpaired) electrons. The lowest BCUT2D eigenvalue weighted by Crippen LogP contribution is -2.35. The van der Waals surface area contributed by atoms with Crippen LogP contribution in [0.3, 0.4) is 0 Å². The molecular weight excluding hydrogens is 405 g/mol. The van der Waals surface area contributed by atoms with Crippen molar-refractivity contribution in [1.82, 2.24) is 9.78 Å². The smallest absolute Gasteiger partial charge is 0.267 e. The van der Waals surface area contributed by atoms with E-state index in [2.05, 4.69) is 5.10 Å². The molecule has 2 heterocycles. The fourth-order valence-corrected chi connectivity index (χ4v) is 3.21. The Balaban J connectivity index is 1.63. The average Bonchev–Trinajstić information content (AvgIpc) is 2.77. The van der Waals surface area contributed by atoms with E-state index in [4.69, 9.17) is 9.47 Å². The number of ketones is 1. The second kappa shape index (κ2) is 8.02. The largest absolute Gasteiger partial charge is 0.497 e. The van der Waals surface area contributed by atoms with Gasteiger partial charge >= 0.3 is 0 Å². The molecule has 1 aliphatic heterocycles. The minimum absolute atomic E-state index is 0.0647. The van der Waals surface area contributed by atoms with Gasteiger partial charge in [0.05, 0.1) is 18.5 Å². The lowest BCUT2D eigenvalue weighted by Gasteiger charge is -2.26. The van der Waals surface area contributed by atoms with Crippen LogP contribution in [0.15, 0.2) is 53.3 Å². The summed E-state index contributed by atoms with van der Waals surface area (Å²) in [5, 5.41) is 4.15. The SMILES string of the molecule is COc1ccc(-c2ccc(=O)n(CC(=O)c3ccc4c(c3)N(C)C(=O)CO4)n2)c(F)c1. The highest BCUT2D eigenvalue weighted by atomic mass is 19.1. The van der Waals surface area contributed by atoms with Crippen molar-refractivity contribution in [2.24, 2.45) is 0 Å². The Morgan fingerprint density at radius 1 is 1.16 bits per heavy atom. The minimum atomic E-state index is -0.564. The van der Waals surface area contributed by atoms with E-state index in [0.717, 1.165) is 4.68 Å². The number of Topliss-reactive ketones (excluding diaryl/α,β-unsaturated/α-hetero) is 1. The number of ether oxygens (including phenoxy) is 2. The van der Waals surface area contributed by atoms with E-state index in [1.54, 1.807) is 25.2 Å². The number of likely N-dealkylation sites (N-methyl/N-ethyl adjacent to an activating group) is 1. The van der Waals surface area contributed by atoms with Gasteiger partial charge in [-0.15, -0.1) is 0 Å². The molecule has 1 aliphatic rings. The molecule has 0 saturated heterocycles. The van der Waals surface area contributed by atoms with Gasteiger partial charge in [-0.3, -0.25) is 14.4 Å². The number of anilines is 1. The van der Waals surface area contributed by atoms with Crippen LogP contribution >= 0.6 is 0 Å². The highest BCUT2D eigenvalue weighted by Gasteiger charge is 2.23. The lowest BCUT2D eigenvalue weighted by molar-refractivity contribution is -0.120. The standard InChI is InChI=1S/C22H18FN3O5/c1-25-18-9-13(3-7-20(18)31-12-22(25)29)19(27)11-26-21(28)8-6-17(24-26)15-5-4-14(30-2)10-16(15)23/h3-10H,11-12H2,1-2H3. The summed E-state index contributed by atoms with van der Waals surface area (Å²) in [5.74, 6) is -0.346. The summed E-state index contributed by atoms with van der Waals surface area (Å²) in [4.78, 5) is 38.3. The van der Waals surface area contributed by atoms with Crippen LogP contribution in [0.2, 0.25) is 0 Å². The van der Waals surface area contributed by atoms with Crippen molar-refractivity contribution in [1.29, 1.82) is 0 Å². The maximum Gasteiger partial charge on any atom is 0.267 e. The normalized spacial score (nSPS) is 12.9. The van der Waals surface area contributed by atoms with Crippen molar-refractivity contribution in [3.05, 3.63) is 70.3 Å². The molecule has 9 heteroatoms. The van der Waals surface area contributed by atoms with E-state index in [1.165, 1.54) is 42.3 Å². The van der Waals surface area contributed by atoms with Gasteiger partial charge in [0, 0.05) is 30.3 Å². The third-order valence-corrected chi connectivity index (χ3v) is 4.98. The fourth-order valence-electron chi connectivity index (χ4n) is 3.21. The molecule has 0 fully saturated rings. The third-order valence-electron chi connectivity index (χ3n) is 4.98. The molecule has 0 spiro atoms. The van der Waals surface area contributed by atoms with Crippen LogP contribution in [0.4, 0.5) is 10.1 Å². The maximum atomic E-state index is 14.4. The molecule has 0 bridgehead atoms. The zero-order valence-electron chi connectivity index (χ0n) is 16.8. The molecule has 2 aromatic carbocycles. The van der Waals surface area contributed by atoms with Gasteiger partial charge in [0.1, 0.15) is 23.9 Å². The van der Waals surface area contributed by atoms with Crippen LogP contribution in [-0.4, -0.2) is 42.2 Å². The van der Waals surface area contributed by atoms with Crippen molar-refractivity contribution in [3.8, 4) is 22.8 Å². The first-order chi connectivity index (χ1) is 14.9. The van der Waals surface area contributed by atoms with E-state index >= 15 is 0 Å². The Bertz CT molecular complexity index is 1250. The van der Waals surface area contributed by atoms with Gasteiger partial charge < -0.3 is 14.4 Å². The predicted octanol–water partition coefficient (Wildman–Crippen LogP) is 2.30. The summed E-state index contributed by atoms with van der Waals surface area (Å²) in [6.07, 6.45) is 0. The molecule has 0 atom stereocenters. The number of aromatic nitrogens is 2. The van der Waals surface area contributed by atoms with Gasteiger partial charge in [-0.25, -0.2) is 9.07 Å². The van der Waals surface area contributed by atoms with Crippen LogP contribution in [-0.2, 0) is 11.3 Å². The summed E-state index contributed by atoms with van der Waals surface area (Å²) in [7, 11) is 3.02. The van der Waals surface area contributed by atoms with E-state index in [9.17, 15) is 18.8 Å². The summed E-state index contributed by atoms with van der Waals surface area (Å²) in [6.45, 7) is -0.410.